The van der Waals surface area contributed by atoms with Gasteiger partial charge in [0.15, 0.2) is 0 Å². The molecule has 1 N–H and O–H groups in total. The summed E-state index contributed by atoms with van der Waals surface area (Å²) in [4.78, 5) is 0. The molecule has 0 saturated heterocycles. The van der Waals surface area contributed by atoms with E-state index in [1.807, 2.05) is 4.68 Å². The van der Waals surface area contributed by atoms with E-state index in [0.717, 1.165) is 12.3 Å². The quantitative estimate of drug-likeness (QED) is 0.735. The number of hydrogen-bond acceptors (Lipinski definition) is 2. The number of nitrogens with one attached hydrogen (secondary N) is 1. The highest BCUT2D eigenvalue weighted by atomic mass is 15.3. The van der Waals surface area contributed by atoms with Gasteiger partial charge in [-0.3, -0.25) is 4.68 Å². The van der Waals surface area contributed by atoms with Gasteiger partial charge in [-0.1, -0.05) is 46.5 Å². The fourth-order valence-corrected chi connectivity index (χ4v) is 2.74. The molecular formula is C16H31N3. The minimum absolute atomic E-state index is 0.430. The SMILES string of the molecule is CCCCC(CC)CC(NC)c1cc(CC)nn1C. The van der Waals surface area contributed by atoms with Crippen molar-refractivity contribution in [1.82, 2.24) is 15.1 Å². The molecule has 0 spiro atoms. The molecule has 0 radical (unpaired) electrons. The highest BCUT2D eigenvalue weighted by molar-refractivity contribution is 5.14. The van der Waals surface area contributed by atoms with Crippen LogP contribution in [0.4, 0.5) is 0 Å². The predicted molar refractivity (Wildman–Crippen MR) is 82.3 cm³/mol. The third-order valence-electron chi connectivity index (χ3n) is 4.15. The van der Waals surface area contributed by atoms with Crippen molar-refractivity contribution in [2.75, 3.05) is 7.05 Å². The van der Waals surface area contributed by atoms with Crippen LogP contribution in [0.3, 0.4) is 0 Å². The van der Waals surface area contributed by atoms with Crippen molar-refractivity contribution >= 4 is 0 Å². The van der Waals surface area contributed by atoms with Crippen LogP contribution < -0.4 is 5.32 Å². The molecule has 0 aliphatic carbocycles. The molecule has 1 heterocycles. The number of rotatable bonds is 9. The Kier molecular flexibility index (Phi) is 7.14. The molecule has 1 rings (SSSR count). The van der Waals surface area contributed by atoms with E-state index in [1.54, 1.807) is 0 Å². The Labute approximate surface area is 118 Å². The van der Waals surface area contributed by atoms with E-state index in [0.29, 0.717) is 6.04 Å². The average Bonchev–Trinajstić information content (AvgIpc) is 2.80. The average molecular weight is 265 g/mol. The van der Waals surface area contributed by atoms with E-state index in [2.05, 4.69) is 51.3 Å². The van der Waals surface area contributed by atoms with E-state index in [9.17, 15) is 0 Å². The van der Waals surface area contributed by atoms with Crippen LogP contribution in [0.1, 0.15) is 70.3 Å². The molecule has 2 atom stereocenters. The maximum atomic E-state index is 4.57. The van der Waals surface area contributed by atoms with Gasteiger partial charge in [-0.05, 0) is 31.9 Å². The van der Waals surface area contributed by atoms with Crippen molar-refractivity contribution in [2.24, 2.45) is 13.0 Å². The molecule has 0 bridgehead atoms. The van der Waals surface area contributed by atoms with Crippen LogP contribution in [0.25, 0.3) is 0 Å². The highest BCUT2D eigenvalue weighted by Crippen LogP contribution is 2.26. The normalized spacial score (nSPS) is 14.6. The zero-order valence-corrected chi connectivity index (χ0v) is 13.4. The van der Waals surface area contributed by atoms with Gasteiger partial charge in [0.25, 0.3) is 0 Å². The Bertz CT molecular complexity index is 357. The Morgan fingerprint density at radius 1 is 1.32 bits per heavy atom. The molecule has 3 nitrogen and oxygen atoms in total. The van der Waals surface area contributed by atoms with Crippen molar-refractivity contribution in [1.29, 1.82) is 0 Å². The maximum Gasteiger partial charge on any atom is 0.0625 e. The summed E-state index contributed by atoms with van der Waals surface area (Å²) in [5, 5.41) is 8.05. The van der Waals surface area contributed by atoms with Gasteiger partial charge in [0.1, 0.15) is 0 Å². The second-order valence-corrected chi connectivity index (χ2v) is 5.53. The molecule has 2 unspecified atom stereocenters. The first-order valence-electron chi connectivity index (χ1n) is 7.86. The van der Waals surface area contributed by atoms with Crippen LogP contribution in [0.5, 0.6) is 0 Å². The maximum absolute atomic E-state index is 4.57. The topological polar surface area (TPSA) is 29.9 Å². The molecule has 0 aromatic carbocycles. The molecule has 1 aromatic heterocycles. The van der Waals surface area contributed by atoms with Crippen molar-refractivity contribution in [3.05, 3.63) is 17.5 Å². The standard InChI is InChI=1S/C16H31N3/c1-6-9-10-13(7-2)11-15(17-4)16-12-14(8-3)18-19(16)5/h12-13,15,17H,6-11H2,1-5H3. The van der Waals surface area contributed by atoms with E-state index in [-0.39, 0.29) is 0 Å². The monoisotopic (exact) mass is 265 g/mol. The van der Waals surface area contributed by atoms with Crippen LogP contribution in [-0.2, 0) is 13.5 Å². The number of aryl methyl sites for hydroxylation is 2. The van der Waals surface area contributed by atoms with Gasteiger partial charge in [-0.2, -0.15) is 5.10 Å². The fraction of sp³-hybridized carbons (Fsp3) is 0.812. The van der Waals surface area contributed by atoms with Crippen LogP contribution >= 0.6 is 0 Å². The van der Waals surface area contributed by atoms with Gasteiger partial charge in [0.2, 0.25) is 0 Å². The van der Waals surface area contributed by atoms with E-state index in [4.69, 9.17) is 0 Å². The molecule has 1 aromatic rings. The fourth-order valence-electron chi connectivity index (χ4n) is 2.74. The molecule has 110 valence electrons. The molecule has 19 heavy (non-hydrogen) atoms. The minimum Gasteiger partial charge on any atom is -0.312 e. The lowest BCUT2D eigenvalue weighted by Crippen LogP contribution is -2.22. The summed E-state index contributed by atoms with van der Waals surface area (Å²) in [6.07, 6.45) is 7.50. The highest BCUT2D eigenvalue weighted by Gasteiger charge is 2.19. The first-order chi connectivity index (χ1) is 9.15. The van der Waals surface area contributed by atoms with Gasteiger partial charge in [0.05, 0.1) is 11.4 Å². The summed E-state index contributed by atoms with van der Waals surface area (Å²) < 4.78 is 2.05. The molecule has 0 saturated carbocycles. The first kappa shape index (κ1) is 16.2. The van der Waals surface area contributed by atoms with Crippen LogP contribution in [-0.4, -0.2) is 16.8 Å². The van der Waals surface area contributed by atoms with E-state index in [1.165, 1.54) is 43.5 Å². The van der Waals surface area contributed by atoms with Gasteiger partial charge in [-0.15, -0.1) is 0 Å². The largest absolute Gasteiger partial charge is 0.312 e. The summed E-state index contributed by atoms with van der Waals surface area (Å²) >= 11 is 0. The summed E-state index contributed by atoms with van der Waals surface area (Å²) in [7, 11) is 4.13. The van der Waals surface area contributed by atoms with Gasteiger partial charge in [0, 0.05) is 13.1 Å². The number of unbranched alkanes of at least 4 members (excludes halogenated alkanes) is 1. The second-order valence-electron chi connectivity index (χ2n) is 5.53. The van der Waals surface area contributed by atoms with Crippen LogP contribution in [0.15, 0.2) is 6.07 Å². The summed E-state index contributed by atoms with van der Waals surface area (Å²) in [5.41, 5.74) is 2.52. The van der Waals surface area contributed by atoms with Crippen molar-refractivity contribution in [3.63, 3.8) is 0 Å². The lowest BCUT2D eigenvalue weighted by Gasteiger charge is -2.22. The molecule has 3 heteroatoms. The van der Waals surface area contributed by atoms with Gasteiger partial charge >= 0.3 is 0 Å². The zero-order chi connectivity index (χ0) is 14.3. The predicted octanol–water partition coefficient (Wildman–Crippen LogP) is 3.85. The zero-order valence-electron chi connectivity index (χ0n) is 13.4. The van der Waals surface area contributed by atoms with Crippen molar-refractivity contribution < 1.29 is 0 Å². The minimum atomic E-state index is 0.430. The Hall–Kier alpha value is -0.830. The third kappa shape index (κ3) is 4.64. The summed E-state index contributed by atoms with van der Waals surface area (Å²) in [5.74, 6) is 0.817. The number of hydrogen-bond donors (Lipinski definition) is 1. The molecule has 0 aliphatic heterocycles. The Balaban J connectivity index is 2.72. The van der Waals surface area contributed by atoms with E-state index < -0.39 is 0 Å². The molecular weight excluding hydrogens is 234 g/mol. The lowest BCUT2D eigenvalue weighted by molar-refractivity contribution is 0.355. The number of nitrogens with zero attached hydrogens (tertiary/aromatic N) is 2. The van der Waals surface area contributed by atoms with Gasteiger partial charge in [-0.25, -0.2) is 0 Å². The van der Waals surface area contributed by atoms with Crippen LogP contribution in [0.2, 0.25) is 0 Å². The third-order valence-corrected chi connectivity index (χ3v) is 4.15. The summed E-state index contributed by atoms with van der Waals surface area (Å²) in [6.45, 7) is 6.75. The summed E-state index contributed by atoms with van der Waals surface area (Å²) in [6, 6.07) is 2.69. The smallest absolute Gasteiger partial charge is 0.0625 e. The van der Waals surface area contributed by atoms with E-state index >= 15 is 0 Å². The molecule has 0 amide bonds. The first-order valence-corrected chi connectivity index (χ1v) is 7.86. The Morgan fingerprint density at radius 3 is 2.53 bits per heavy atom. The van der Waals surface area contributed by atoms with Gasteiger partial charge < -0.3 is 5.32 Å². The molecule has 0 fully saturated rings. The lowest BCUT2D eigenvalue weighted by atomic mass is 9.91. The molecule has 0 aliphatic rings. The van der Waals surface area contributed by atoms with Crippen molar-refractivity contribution in [2.45, 2.75) is 65.3 Å². The number of aromatic nitrogens is 2. The second kappa shape index (κ2) is 8.36. The van der Waals surface area contributed by atoms with Crippen LogP contribution in [0, 0.1) is 5.92 Å². The van der Waals surface area contributed by atoms with Crippen molar-refractivity contribution in [3.8, 4) is 0 Å². The Morgan fingerprint density at radius 2 is 2.05 bits per heavy atom.